The minimum absolute atomic E-state index is 0.301. The van der Waals surface area contributed by atoms with E-state index < -0.39 is 24.1 Å². The summed E-state index contributed by atoms with van der Waals surface area (Å²) in [4.78, 5) is 0. The second kappa shape index (κ2) is 3.30. The fourth-order valence-corrected chi connectivity index (χ4v) is 1.54. The van der Waals surface area contributed by atoms with Crippen molar-refractivity contribution < 1.29 is 19.7 Å². The molecule has 0 aromatic heterocycles. The average molecular weight is 176 g/mol. The van der Waals surface area contributed by atoms with E-state index in [0.29, 0.717) is 6.42 Å². The van der Waals surface area contributed by atoms with Gasteiger partial charge in [-0.15, -0.1) is 0 Å². The van der Waals surface area contributed by atoms with Crippen LogP contribution in [0.3, 0.4) is 0 Å². The summed E-state index contributed by atoms with van der Waals surface area (Å²) >= 11 is 0. The van der Waals surface area contributed by atoms with Crippen LogP contribution in [0.25, 0.3) is 0 Å². The monoisotopic (exact) mass is 176 g/mol. The fraction of sp³-hybridized carbons (Fsp3) is 1.00. The van der Waals surface area contributed by atoms with Crippen LogP contribution in [-0.4, -0.2) is 41.4 Å². The second-order valence-corrected chi connectivity index (χ2v) is 3.46. The maximum absolute atomic E-state index is 9.65. The molecule has 4 heteroatoms. The summed E-state index contributed by atoms with van der Waals surface area (Å²) in [7, 11) is 1.52. The van der Waals surface area contributed by atoms with Crippen molar-refractivity contribution >= 4 is 0 Å². The summed E-state index contributed by atoms with van der Waals surface area (Å²) in [5, 5.41) is 18.9. The van der Waals surface area contributed by atoms with Gasteiger partial charge in [0.15, 0.2) is 6.29 Å². The minimum Gasteiger partial charge on any atom is -0.387 e. The zero-order chi connectivity index (χ0) is 9.35. The van der Waals surface area contributed by atoms with Crippen molar-refractivity contribution in [3.63, 3.8) is 0 Å². The predicted molar refractivity (Wildman–Crippen MR) is 42.6 cm³/mol. The number of hydrogen-bond acceptors (Lipinski definition) is 4. The summed E-state index contributed by atoms with van der Waals surface area (Å²) in [6, 6.07) is 0. The standard InChI is InChI=1S/C8H16O4/c1-5-7(10)8(2,11-3)4-6(9)12-5/h5-7,9-10H,4H2,1-3H3/t5-,6?,7+,8?/m0/s1. The number of hydrogen-bond donors (Lipinski definition) is 2. The highest BCUT2D eigenvalue weighted by Gasteiger charge is 2.44. The third-order valence-electron chi connectivity index (χ3n) is 2.49. The summed E-state index contributed by atoms with van der Waals surface area (Å²) in [6.07, 6.45) is -1.62. The predicted octanol–water partition coefficient (Wildman–Crippen LogP) is -0.120. The molecule has 1 heterocycles. The maximum Gasteiger partial charge on any atom is 0.157 e. The number of methoxy groups -OCH3 is 1. The Bertz CT molecular complexity index is 161. The third kappa shape index (κ3) is 1.61. The molecule has 0 aromatic carbocycles. The van der Waals surface area contributed by atoms with Gasteiger partial charge in [0, 0.05) is 13.5 Å². The Kier molecular flexibility index (Phi) is 2.73. The fourth-order valence-electron chi connectivity index (χ4n) is 1.54. The molecule has 0 saturated carbocycles. The second-order valence-electron chi connectivity index (χ2n) is 3.46. The van der Waals surface area contributed by atoms with Crippen LogP contribution in [0.2, 0.25) is 0 Å². The highest BCUT2D eigenvalue weighted by atomic mass is 16.6. The minimum atomic E-state index is -0.839. The molecule has 72 valence electrons. The molecule has 1 aliphatic rings. The molecule has 0 aliphatic carbocycles. The van der Waals surface area contributed by atoms with Crippen LogP contribution in [0.5, 0.6) is 0 Å². The van der Waals surface area contributed by atoms with E-state index in [-0.39, 0.29) is 0 Å². The Labute approximate surface area is 72.1 Å². The van der Waals surface area contributed by atoms with Crippen molar-refractivity contribution in [3.05, 3.63) is 0 Å². The van der Waals surface area contributed by atoms with Crippen LogP contribution in [0.4, 0.5) is 0 Å². The van der Waals surface area contributed by atoms with Crippen molar-refractivity contribution in [1.82, 2.24) is 0 Å². The van der Waals surface area contributed by atoms with E-state index in [4.69, 9.17) is 9.47 Å². The molecule has 2 unspecified atom stereocenters. The Morgan fingerprint density at radius 3 is 2.58 bits per heavy atom. The molecule has 4 atom stereocenters. The molecular weight excluding hydrogens is 160 g/mol. The van der Waals surface area contributed by atoms with Gasteiger partial charge < -0.3 is 19.7 Å². The largest absolute Gasteiger partial charge is 0.387 e. The van der Waals surface area contributed by atoms with Crippen molar-refractivity contribution in [2.24, 2.45) is 0 Å². The van der Waals surface area contributed by atoms with Crippen LogP contribution in [0.1, 0.15) is 20.3 Å². The Balaban J connectivity index is 2.72. The van der Waals surface area contributed by atoms with Gasteiger partial charge in [0.1, 0.15) is 6.10 Å². The summed E-state index contributed by atoms with van der Waals surface area (Å²) in [5.74, 6) is 0. The highest BCUT2D eigenvalue weighted by Crippen LogP contribution is 2.30. The highest BCUT2D eigenvalue weighted by molar-refractivity contribution is 4.91. The molecule has 4 nitrogen and oxygen atoms in total. The maximum atomic E-state index is 9.65. The van der Waals surface area contributed by atoms with Gasteiger partial charge in [0.25, 0.3) is 0 Å². The molecule has 1 fully saturated rings. The van der Waals surface area contributed by atoms with Crippen LogP contribution in [0.15, 0.2) is 0 Å². The first kappa shape index (κ1) is 9.92. The SMILES string of the molecule is COC1(C)CC(O)O[C@@H](C)[C@H]1O. The first-order chi connectivity index (χ1) is 5.49. The van der Waals surface area contributed by atoms with Crippen molar-refractivity contribution in [2.75, 3.05) is 7.11 Å². The zero-order valence-electron chi connectivity index (χ0n) is 7.65. The third-order valence-corrected chi connectivity index (χ3v) is 2.49. The molecule has 2 N–H and O–H groups in total. The molecule has 0 aromatic rings. The molecular formula is C8H16O4. The topological polar surface area (TPSA) is 58.9 Å². The molecule has 0 bridgehead atoms. The quantitative estimate of drug-likeness (QED) is 0.584. The van der Waals surface area contributed by atoms with Crippen molar-refractivity contribution in [3.8, 4) is 0 Å². The summed E-state index contributed by atoms with van der Waals surface area (Å²) in [6.45, 7) is 3.48. The Morgan fingerprint density at radius 2 is 2.08 bits per heavy atom. The van der Waals surface area contributed by atoms with Gasteiger partial charge in [-0.3, -0.25) is 0 Å². The lowest BCUT2D eigenvalue weighted by molar-refractivity contribution is -0.263. The van der Waals surface area contributed by atoms with E-state index in [2.05, 4.69) is 0 Å². The first-order valence-electron chi connectivity index (χ1n) is 4.06. The normalized spacial score (nSPS) is 49.2. The van der Waals surface area contributed by atoms with Gasteiger partial charge in [0.2, 0.25) is 0 Å². The van der Waals surface area contributed by atoms with Gasteiger partial charge >= 0.3 is 0 Å². The molecule has 0 radical (unpaired) electrons. The van der Waals surface area contributed by atoms with Gasteiger partial charge in [-0.05, 0) is 13.8 Å². The lowest BCUT2D eigenvalue weighted by Gasteiger charge is -2.42. The van der Waals surface area contributed by atoms with Crippen molar-refractivity contribution in [1.29, 1.82) is 0 Å². The summed E-state index contributed by atoms with van der Waals surface area (Å²) < 4.78 is 10.2. The number of aliphatic hydroxyl groups is 2. The smallest absolute Gasteiger partial charge is 0.157 e. The molecule has 0 amide bonds. The van der Waals surface area contributed by atoms with E-state index in [0.717, 1.165) is 0 Å². The van der Waals surface area contributed by atoms with Crippen LogP contribution >= 0.6 is 0 Å². The van der Waals surface area contributed by atoms with Gasteiger partial charge in [-0.25, -0.2) is 0 Å². The van der Waals surface area contributed by atoms with Crippen LogP contribution in [-0.2, 0) is 9.47 Å². The van der Waals surface area contributed by atoms with E-state index in [1.807, 2.05) is 0 Å². The van der Waals surface area contributed by atoms with E-state index >= 15 is 0 Å². The van der Waals surface area contributed by atoms with Crippen LogP contribution in [0, 0.1) is 0 Å². The number of ether oxygens (including phenoxy) is 2. The number of aliphatic hydroxyl groups excluding tert-OH is 2. The molecule has 0 spiro atoms. The summed E-state index contributed by atoms with van der Waals surface area (Å²) in [5.41, 5.74) is -0.697. The average Bonchev–Trinajstić information content (AvgIpc) is 2.00. The lowest BCUT2D eigenvalue weighted by atomic mass is 9.89. The van der Waals surface area contributed by atoms with Gasteiger partial charge in [-0.2, -0.15) is 0 Å². The molecule has 1 saturated heterocycles. The Hall–Kier alpha value is -0.160. The molecule has 1 rings (SSSR count). The van der Waals surface area contributed by atoms with Gasteiger partial charge in [-0.1, -0.05) is 0 Å². The zero-order valence-corrected chi connectivity index (χ0v) is 7.65. The number of rotatable bonds is 1. The van der Waals surface area contributed by atoms with Crippen molar-refractivity contribution in [2.45, 2.75) is 44.4 Å². The molecule has 12 heavy (non-hydrogen) atoms. The van der Waals surface area contributed by atoms with E-state index in [1.165, 1.54) is 7.11 Å². The van der Waals surface area contributed by atoms with E-state index in [9.17, 15) is 10.2 Å². The molecule has 1 aliphatic heterocycles. The van der Waals surface area contributed by atoms with Gasteiger partial charge in [0.05, 0.1) is 11.7 Å². The Morgan fingerprint density at radius 1 is 1.50 bits per heavy atom. The van der Waals surface area contributed by atoms with E-state index in [1.54, 1.807) is 13.8 Å². The van der Waals surface area contributed by atoms with Crippen LogP contribution < -0.4 is 0 Å². The lowest BCUT2D eigenvalue weighted by Crippen LogP contribution is -2.55. The first-order valence-corrected chi connectivity index (χ1v) is 4.06.